The van der Waals surface area contributed by atoms with Crippen LogP contribution in [0.2, 0.25) is 0 Å². The van der Waals surface area contributed by atoms with Crippen molar-refractivity contribution in [2.24, 2.45) is 0 Å². The molecule has 0 radical (unpaired) electrons. The molecule has 1 aromatic rings. The molecule has 0 fully saturated rings. The summed E-state index contributed by atoms with van der Waals surface area (Å²) in [6.45, 7) is 3.56. The number of carbonyl (C=O) groups is 1. The third kappa shape index (κ3) is 2.33. The van der Waals surface area contributed by atoms with Gasteiger partial charge in [0.15, 0.2) is 0 Å². The van der Waals surface area contributed by atoms with Crippen LogP contribution in [0.5, 0.6) is 5.75 Å². The summed E-state index contributed by atoms with van der Waals surface area (Å²) in [5.74, 6) is 0.735. The van der Waals surface area contributed by atoms with E-state index in [9.17, 15) is 4.79 Å². The van der Waals surface area contributed by atoms with Crippen LogP contribution in [0.15, 0.2) is 30.8 Å². The van der Waals surface area contributed by atoms with Crippen molar-refractivity contribution in [2.45, 2.75) is 0 Å². The predicted molar refractivity (Wildman–Crippen MR) is 52.9 cm³/mol. The van der Waals surface area contributed by atoms with E-state index in [1.165, 1.54) is 0 Å². The third-order valence-electron chi connectivity index (χ3n) is 1.68. The standard InChI is InChI=1S/C10H9ClO2/c1-7(10(11)12)8-3-5-9(13-2)6-4-8/h3-6H,1H2,2H3. The number of allylic oxidation sites excluding steroid dienone is 1. The Bertz CT molecular complexity index is 327. The van der Waals surface area contributed by atoms with Gasteiger partial charge in [-0.2, -0.15) is 0 Å². The van der Waals surface area contributed by atoms with Crippen LogP contribution in [0.25, 0.3) is 5.57 Å². The summed E-state index contributed by atoms with van der Waals surface area (Å²) in [5.41, 5.74) is 1.00. The van der Waals surface area contributed by atoms with Crippen molar-refractivity contribution in [3.8, 4) is 5.75 Å². The second-order valence-electron chi connectivity index (χ2n) is 2.48. The topological polar surface area (TPSA) is 26.3 Å². The fraction of sp³-hybridized carbons (Fsp3) is 0.100. The molecule has 0 aliphatic rings. The average molecular weight is 197 g/mol. The zero-order valence-corrected chi connectivity index (χ0v) is 7.97. The number of benzene rings is 1. The Balaban J connectivity index is 2.92. The van der Waals surface area contributed by atoms with Crippen molar-refractivity contribution in [1.29, 1.82) is 0 Å². The smallest absolute Gasteiger partial charge is 0.252 e. The van der Waals surface area contributed by atoms with E-state index in [0.29, 0.717) is 11.1 Å². The van der Waals surface area contributed by atoms with E-state index < -0.39 is 5.24 Å². The van der Waals surface area contributed by atoms with Crippen molar-refractivity contribution in [2.75, 3.05) is 7.11 Å². The third-order valence-corrected chi connectivity index (χ3v) is 1.90. The zero-order chi connectivity index (χ0) is 9.84. The number of methoxy groups -OCH3 is 1. The summed E-state index contributed by atoms with van der Waals surface area (Å²) in [5, 5.41) is -0.537. The molecule has 68 valence electrons. The molecular weight excluding hydrogens is 188 g/mol. The molecule has 0 N–H and O–H groups in total. The molecule has 0 atom stereocenters. The zero-order valence-electron chi connectivity index (χ0n) is 7.21. The molecule has 1 aromatic carbocycles. The van der Waals surface area contributed by atoms with Gasteiger partial charge in [-0.25, -0.2) is 0 Å². The van der Waals surface area contributed by atoms with Gasteiger partial charge in [-0.1, -0.05) is 18.7 Å². The maximum atomic E-state index is 10.7. The summed E-state index contributed by atoms with van der Waals surface area (Å²) in [4.78, 5) is 10.7. The van der Waals surface area contributed by atoms with E-state index in [2.05, 4.69) is 6.58 Å². The molecule has 0 heterocycles. The van der Waals surface area contributed by atoms with Crippen molar-refractivity contribution in [3.63, 3.8) is 0 Å². The fourth-order valence-electron chi connectivity index (χ4n) is 0.906. The largest absolute Gasteiger partial charge is 0.497 e. The molecule has 0 aliphatic heterocycles. The first-order chi connectivity index (χ1) is 6.15. The SMILES string of the molecule is C=C(C(=O)Cl)c1ccc(OC)cc1. The van der Waals surface area contributed by atoms with Crippen LogP contribution in [0.3, 0.4) is 0 Å². The molecule has 0 saturated carbocycles. The summed E-state index contributed by atoms with van der Waals surface area (Å²) < 4.78 is 4.96. The molecular formula is C10H9ClO2. The minimum absolute atomic E-state index is 0.296. The van der Waals surface area contributed by atoms with Gasteiger partial charge >= 0.3 is 0 Å². The van der Waals surface area contributed by atoms with Crippen LogP contribution in [0, 0.1) is 0 Å². The molecule has 0 unspecified atom stereocenters. The number of carbonyl (C=O) groups excluding carboxylic acids is 1. The summed E-state index contributed by atoms with van der Waals surface area (Å²) in [6.07, 6.45) is 0. The molecule has 0 amide bonds. The van der Waals surface area contributed by atoms with Gasteiger partial charge in [-0.05, 0) is 29.3 Å². The molecule has 3 heteroatoms. The van der Waals surface area contributed by atoms with Gasteiger partial charge in [0.25, 0.3) is 5.24 Å². The second-order valence-corrected chi connectivity index (χ2v) is 2.82. The minimum Gasteiger partial charge on any atom is -0.497 e. The molecule has 0 bridgehead atoms. The summed E-state index contributed by atoms with van der Waals surface area (Å²) in [6, 6.07) is 6.98. The van der Waals surface area contributed by atoms with Gasteiger partial charge in [0.05, 0.1) is 7.11 Å². The lowest BCUT2D eigenvalue weighted by atomic mass is 10.1. The number of ether oxygens (including phenoxy) is 1. The maximum Gasteiger partial charge on any atom is 0.252 e. The molecule has 0 aromatic heterocycles. The fourth-order valence-corrected chi connectivity index (χ4v) is 1.01. The van der Waals surface area contributed by atoms with Crippen LogP contribution >= 0.6 is 11.6 Å². The quantitative estimate of drug-likeness (QED) is 0.549. The number of halogens is 1. The van der Waals surface area contributed by atoms with E-state index in [1.807, 2.05) is 0 Å². The number of rotatable bonds is 3. The van der Waals surface area contributed by atoms with Gasteiger partial charge in [0.2, 0.25) is 0 Å². The van der Waals surface area contributed by atoms with Gasteiger partial charge in [-0.15, -0.1) is 0 Å². The van der Waals surface area contributed by atoms with E-state index in [4.69, 9.17) is 16.3 Å². The molecule has 0 saturated heterocycles. The Morgan fingerprint density at radius 3 is 2.31 bits per heavy atom. The molecule has 0 aliphatic carbocycles. The molecule has 0 spiro atoms. The van der Waals surface area contributed by atoms with Gasteiger partial charge < -0.3 is 4.74 Å². The minimum atomic E-state index is -0.537. The Kier molecular flexibility index (Phi) is 3.09. The van der Waals surface area contributed by atoms with Gasteiger partial charge in [0.1, 0.15) is 5.75 Å². The molecule has 1 rings (SSSR count). The lowest BCUT2D eigenvalue weighted by Gasteiger charge is -2.02. The highest BCUT2D eigenvalue weighted by molar-refractivity contribution is 6.74. The molecule has 2 nitrogen and oxygen atoms in total. The van der Waals surface area contributed by atoms with Crippen LogP contribution in [-0.2, 0) is 4.79 Å². The Morgan fingerprint density at radius 2 is 1.92 bits per heavy atom. The van der Waals surface area contributed by atoms with Crippen molar-refractivity contribution < 1.29 is 9.53 Å². The van der Waals surface area contributed by atoms with E-state index >= 15 is 0 Å². The van der Waals surface area contributed by atoms with Gasteiger partial charge in [0, 0.05) is 5.57 Å². The van der Waals surface area contributed by atoms with Crippen LogP contribution in [0.4, 0.5) is 0 Å². The highest BCUT2D eigenvalue weighted by Gasteiger charge is 2.05. The second kappa shape index (κ2) is 4.10. The van der Waals surface area contributed by atoms with Gasteiger partial charge in [-0.3, -0.25) is 4.79 Å². The van der Waals surface area contributed by atoms with Crippen molar-refractivity contribution in [3.05, 3.63) is 36.4 Å². The lowest BCUT2D eigenvalue weighted by molar-refractivity contribution is -0.106. The van der Waals surface area contributed by atoms with E-state index in [-0.39, 0.29) is 0 Å². The first kappa shape index (κ1) is 9.81. The normalized spacial score (nSPS) is 9.38. The number of hydrogen-bond acceptors (Lipinski definition) is 2. The van der Waals surface area contributed by atoms with Crippen LogP contribution in [-0.4, -0.2) is 12.4 Å². The Hall–Kier alpha value is -1.28. The highest BCUT2D eigenvalue weighted by Crippen LogP contribution is 2.18. The number of hydrogen-bond donors (Lipinski definition) is 0. The van der Waals surface area contributed by atoms with Crippen LogP contribution in [0.1, 0.15) is 5.56 Å². The predicted octanol–water partition coefficient (Wildman–Crippen LogP) is 2.47. The van der Waals surface area contributed by atoms with E-state index in [1.54, 1.807) is 31.4 Å². The highest BCUT2D eigenvalue weighted by atomic mass is 35.5. The van der Waals surface area contributed by atoms with Crippen LogP contribution < -0.4 is 4.74 Å². The summed E-state index contributed by atoms with van der Waals surface area (Å²) >= 11 is 5.27. The van der Waals surface area contributed by atoms with Crippen molar-refractivity contribution in [1.82, 2.24) is 0 Å². The first-order valence-electron chi connectivity index (χ1n) is 3.68. The van der Waals surface area contributed by atoms with Crippen molar-refractivity contribution >= 4 is 22.4 Å². The Morgan fingerprint density at radius 1 is 1.38 bits per heavy atom. The Labute approximate surface area is 81.8 Å². The molecule has 13 heavy (non-hydrogen) atoms. The van der Waals surface area contributed by atoms with E-state index in [0.717, 1.165) is 5.75 Å². The first-order valence-corrected chi connectivity index (χ1v) is 4.06. The summed E-state index contributed by atoms with van der Waals surface area (Å²) in [7, 11) is 1.58. The maximum absolute atomic E-state index is 10.7. The monoisotopic (exact) mass is 196 g/mol. The average Bonchev–Trinajstić information content (AvgIpc) is 2.17. The lowest BCUT2D eigenvalue weighted by Crippen LogP contribution is -1.91.